The number of urea groups is 1. The van der Waals surface area contributed by atoms with E-state index in [2.05, 4.69) is 33.2 Å². The summed E-state index contributed by atoms with van der Waals surface area (Å²) in [4.78, 5) is 16.5. The smallest absolute Gasteiger partial charge is 0.319 e. The normalized spacial score (nSPS) is 26.7. The second-order valence-electron chi connectivity index (χ2n) is 5.07. The average Bonchev–Trinajstić information content (AvgIpc) is 2.90. The first-order valence-electron chi connectivity index (χ1n) is 6.17. The van der Waals surface area contributed by atoms with E-state index >= 15 is 0 Å². The molecule has 5 heteroatoms. The summed E-state index contributed by atoms with van der Waals surface area (Å²) in [6.45, 7) is 1.85. The molecule has 2 aliphatic rings. The Bertz CT molecular complexity index is 460. The van der Waals surface area contributed by atoms with Gasteiger partial charge in [-0.1, -0.05) is 15.9 Å². The van der Waals surface area contributed by atoms with E-state index in [4.69, 9.17) is 0 Å². The molecule has 2 fully saturated rings. The Morgan fingerprint density at radius 3 is 2.56 bits per heavy atom. The number of rotatable bonds is 1. The van der Waals surface area contributed by atoms with Crippen molar-refractivity contribution in [2.24, 2.45) is 0 Å². The number of likely N-dealkylation sites (tertiary alicyclic amines) is 2. The van der Waals surface area contributed by atoms with E-state index in [1.807, 2.05) is 29.2 Å². The van der Waals surface area contributed by atoms with Gasteiger partial charge in [-0.25, -0.2) is 4.79 Å². The van der Waals surface area contributed by atoms with Gasteiger partial charge >= 0.3 is 6.03 Å². The minimum Gasteiger partial charge on any atom is -0.319 e. The predicted molar refractivity (Wildman–Crippen MR) is 74.7 cm³/mol. The molecule has 2 atom stereocenters. The molecular weight excluding hydrogens is 294 g/mol. The van der Waals surface area contributed by atoms with Crippen LogP contribution in [0.1, 0.15) is 6.42 Å². The number of nitrogens with one attached hydrogen (secondary N) is 1. The minimum atomic E-state index is 0.0259. The van der Waals surface area contributed by atoms with Gasteiger partial charge in [-0.3, -0.25) is 4.90 Å². The summed E-state index contributed by atoms with van der Waals surface area (Å²) in [7, 11) is 2.13. The summed E-state index contributed by atoms with van der Waals surface area (Å²) in [5, 5.41) is 2.96. The van der Waals surface area contributed by atoms with Crippen molar-refractivity contribution in [3.05, 3.63) is 28.7 Å². The molecule has 0 aromatic heterocycles. The summed E-state index contributed by atoms with van der Waals surface area (Å²) in [5.74, 6) is 0. The molecule has 1 N–H and O–H groups in total. The fraction of sp³-hybridized carbons (Fsp3) is 0.462. The molecule has 2 amide bonds. The van der Waals surface area contributed by atoms with E-state index in [0.717, 1.165) is 29.7 Å². The van der Waals surface area contributed by atoms with E-state index in [0.29, 0.717) is 12.1 Å². The van der Waals surface area contributed by atoms with Crippen molar-refractivity contribution in [1.82, 2.24) is 9.80 Å². The van der Waals surface area contributed by atoms with Crippen LogP contribution in [0, 0.1) is 0 Å². The molecule has 2 saturated heterocycles. The van der Waals surface area contributed by atoms with Crippen molar-refractivity contribution >= 4 is 27.6 Å². The fourth-order valence-corrected chi connectivity index (χ4v) is 3.11. The molecule has 3 rings (SSSR count). The lowest BCUT2D eigenvalue weighted by atomic mass is 10.2. The van der Waals surface area contributed by atoms with Crippen LogP contribution in [0.15, 0.2) is 28.7 Å². The summed E-state index contributed by atoms with van der Waals surface area (Å²) in [6, 6.07) is 8.63. The molecule has 0 saturated carbocycles. The topological polar surface area (TPSA) is 35.6 Å². The van der Waals surface area contributed by atoms with Gasteiger partial charge in [-0.2, -0.15) is 0 Å². The molecule has 4 nitrogen and oxygen atoms in total. The molecule has 0 aliphatic carbocycles. The van der Waals surface area contributed by atoms with Gasteiger partial charge in [0, 0.05) is 35.3 Å². The van der Waals surface area contributed by atoms with Crippen LogP contribution in [0.2, 0.25) is 0 Å². The van der Waals surface area contributed by atoms with Crippen LogP contribution in [0.5, 0.6) is 0 Å². The maximum Gasteiger partial charge on any atom is 0.322 e. The van der Waals surface area contributed by atoms with Gasteiger partial charge in [0.15, 0.2) is 0 Å². The molecule has 1 aromatic carbocycles. The lowest BCUT2D eigenvalue weighted by molar-refractivity contribution is 0.161. The van der Waals surface area contributed by atoms with Crippen molar-refractivity contribution in [2.45, 2.75) is 18.5 Å². The lowest BCUT2D eigenvalue weighted by Gasteiger charge is -2.31. The van der Waals surface area contributed by atoms with Crippen LogP contribution in [0.4, 0.5) is 10.5 Å². The number of amides is 2. The first kappa shape index (κ1) is 12.0. The molecule has 2 aliphatic heterocycles. The maximum absolute atomic E-state index is 12.2. The third kappa shape index (κ3) is 2.12. The number of halogens is 1. The number of hydrogen-bond donors (Lipinski definition) is 1. The highest BCUT2D eigenvalue weighted by Gasteiger charge is 2.43. The first-order chi connectivity index (χ1) is 8.63. The van der Waals surface area contributed by atoms with Crippen molar-refractivity contribution in [1.29, 1.82) is 0 Å². The molecule has 0 radical (unpaired) electrons. The molecule has 2 unspecified atom stereocenters. The second-order valence-corrected chi connectivity index (χ2v) is 5.99. The number of anilines is 1. The third-order valence-corrected chi connectivity index (χ3v) is 4.40. The van der Waals surface area contributed by atoms with Crippen LogP contribution in [-0.2, 0) is 0 Å². The molecule has 1 aromatic rings. The van der Waals surface area contributed by atoms with Gasteiger partial charge in [0.05, 0.1) is 0 Å². The number of likely N-dealkylation sites (N-methyl/N-ethyl adjacent to an activating group) is 1. The first-order valence-corrected chi connectivity index (χ1v) is 6.96. The monoisotopic (exact) mass is 309 g/mol. The van der Waals surface area contributed by atoms with Crippen molar-refractivity contribution in [3.63, 3.8) is 0 Å². The van der Waals surface area contributed by atoms with Gasteiger partial charge in [0.2, 0.25) is 0 Å². The highest BCUT2D eigenvalue weighted by atomic mass is 79.9. The van der Waals surface area contributed by atoms with Gasteiger partial charge in [0.25, 0.3) is 0 Å². The number of carbonyl (C=O) groups excluding carboxylic acids is 1. The SMILES string of the molecule is CN1CC2CC1CN2C(=O)Nc1ccc(Br)cc1. The van der Waals surface area contributed by atoms with Gasteiger partial charge in [-0.15, -0.1) is 0 Å². The van der Waals surface area contributed by atoms with Crippen molar-refractivity contribution < 1.29 is 4.79 Å². The molecule has 2 bridgehead atoms. The van der Waals surface area contributed by atoms with Crippen LogP contribution < -0.4 is 5.32 Å². The Hall–Kier alpha value is -1.07. The number of fused-ring (bicyclic) bond motifs is 2. The van der Waals surface area contributed by atoms with Crippen LogP contribution in [0.25, 0.3) is 0 Å². The van der Waals surface area contributed by atoms with Crippen LogP contribution >= 0.6 is 15.9 Å². The summed E-state index contributed by atoms with van der Waals surface area (Å²) in [5.41, 5.74) is 0.847. The Kier molecular flexibility index (Phi) is 3.03. The Morgan fingerprint density at radius 2 is 2.00 bits per heavy atom. The molecule has 96 valence electrons. The van der Waals surface area contributed by atoms with Gasteiger partial charge in [0.1, 0.15) is 0 Å². The minimum absolute atomic E-state index is 0.0259. The highest BCUT2D eigenvalue weighted by Crippen LogP contribution is 2.29. The number of hydrogen-bond acceptors (Lipinski definition) is 2. The van der Waals surface area contributed by atoms with E-state index in [-0.39, 0.29) is 6.03 Å². The molecule has 18 heavy (non-hydrogen) atoms. The molecule has 0 spiro atoms. The zero-order valence-corrected chi connectivity index (χ0v) is 11.9. The average molecular weight is 310 g/mol. The van der Waals surface area contributed by atoms with Crippen LogP contribution in [0.3, 0.4) is 0 Å². The second kappa shape index (κ2) is 4.55. The van der Waals surface area contributed by atoms with Crippen molar-refractivity contribution in [2.75, 3.05) is 25.5 Å². The Balaban J connectivity index is 1.64. The van der Waals surface area contributed by atoms with E-state index in [9.17, 15) is 4.79 Å². The highest BCUT2D eigenvalue weighted by molar-refractivity contribution is 9.10. The number of benzene rings is 1. The molecular formula is C13H16BrN3O. The third-order valence-electron chi connectivity index (χ3n) is 3.87. The van der Waals surface area contributed by atoms with Gasteiger partial charge in [-0.05, 0) is 37.7 Å². The van der Waals surface area contributed by atoms with Crippen molar-refractivity contribution in [3.8, 4) is 0 Å². The number of nitrogens with zero attached hydrogens (tertiary/aromatic N) is 2. The van der Waals surface area contributed by atoms with Crippen LogP contribution in [-0.4, -0.2) is 48.1 Å². The standard InChI is InChI=1S/C13H16BrN3O/c1-16-7-12-6-11(16)8-17(12)13(18)15-10-4-2-9(14)3-5-10/h2-5,11-12H,6-8H2,1H3,(H,15,18). The Labute approximate surface area is 115 Å². The maximum atomic E-state index is 12.2. The number of carbonyl (C=O) groups is 1. The fourth-order valence-electron chi connectivity index (χ4n) is 2.84. The summed E-state index contributed by atoms with van der Waals surface area (Å²) >= 11 is 3.38. The predicted octanol–water partition coefficient (Wildman–Crippen LogP) is 2.37. The van der Waals surface area contributed by atoms with E-state index in [1.165, 1.54) is 0 Å². The number of piperazine rings is 1. The Morgan fingerprint density at radius 1 is 1.28 bits per heavy atom. The summed E-state index contributed by atoms with van der Waals surface area (Å²) < 4.78 is 1.02. The largest absolute Gasteiger partial charge is 0.322 e. The quantitative estimate of drug-likeness (QED) is 0.864. The lowest BCUT2D eigenvalue weighted by Crippen LogP contribution is -2.48. The zero-order chi connectivity index (χ0) is 12.7. The zero-order valence-electron chi connectivity index (χ0n) is 10.3. The summed E-state index contributed by atoms with van der Waals surface area (Å²) in [6.07, 6.45) is 1.12. The van der Waals surface area contributed by atoms with E-state index in [1.54, 1.807) is 0 Å². The molecule has 2 heterocycles. The van der Waals surface area contributed by atoms with Gasteiger partial charge < -0.3 is 10.2 Å². The van der Waals surface area contributed by atoms with E-state index < -0.39 is 0 Å².